The van der Waals surface area contributed by atoms with Gasteiger partial charge in [0.15, 0.2) is 16.5 Å². The molecular weight excluding hydrogens is 404 g/mol. The van der Waals surface area contributed by atoms with Crippen molar-refractivity contribution in [2.24, 2.45) is 0 Å². The number of likely N-dealkylation sites (tertiary alicyclic amines) is 1. The topological polar surface area (TPSA) is 75.2 Å². The van der Waals surface area contributed by atoms with Crippen LogP contribution in [0.1, 0.15) is 26.6 Å². The summed E-state index contributed by atoms with van der Waals surface area (Å²) in [4.78, 5) is 35.5. The molecule has 0 radical (unpaired) electrons. The molecule has 0 aliphatic carbocycles. The highest BCUT2D eigenvalue weighted by molar-refractivity contribution is 7.11. The molecule has 5 rings (SSSR count). The van der Waals surface area contributed by atoms with Crippen LogP contribution in [0.4, 0.5) is 0 Å². The predicted octanol–water partition coefficient (Wildman–Crippen LogP) is 1.59. The molecule has 0 spiro atoms. The highest BCUT2D eigenvalue weighted by Gasteiger charge is 2.37. The summed E-state index contributed by atoms with van der Waals surface area (Å²) in [6.45, 7) is 5.73. The van der Waals surface area contributed by atoms with Crippen LogP contribution in [0.15, 0.2) is 29.8 Å². The summed E-state index contributed by atoms with van der Waals surface area (Å²) in [5.74, 6) is 1.40. The molecule has 9 heteroatoms. The predicted molar refractivity (Wildman–Crippen MR) is 111 cm³/mol. The molecule has 2 saturated heterocycles. The van der Waals surface area contributed by atoms with Gasteiger partial charge in [-0.25, -0.2) is 4.98 Å². The molecule has 0 N–H and O–H groups in total. The maximum Gasteiger partial charge on any atom is 0.282 e. The van der Waals surface area contributed by atoms with Crippen LogP contribution in [0.5, 0.6) is 11.5 Å². The van der Waals surface area contributed by atoms with Crippen LogP contribution in [0, 0.1) is 0 Å². The first-order valence-electron chi connectivity index (χ1n) is 10.3. The van der Waals surface area contributed by atoms with Crippen LogP contribution in [-0.2, 0) is 0 Å². The van der Waals surface area contributed by atoms with Crippen molar-refractivity contribution in [3.8, 4) is 11.5 Å². The monoisotopic (exact) mass is 428 g/mol. The minimum Gasteiger partial charge on any atom is -0.490 e. The van der Waals surface area contributed by atoms with Crippen molar-refractivity contribution >= 4 is 23.2 Å². The maximum absolute atomic E-state index is 12.9. The molecule has 1 aromatic heterocycles. The van der Waals surface area contributed by atoms with E-state index in [9.17, 15) is 9.59 Å². The van der Waals surface area contributed by atoms with Crippen LogP contribution >= 0.6 is 11.3 Å². The number of benzene rings is 1. The van der Waals surface area contributed by atoms with E-state index in [1.54, 1.807) is 12.3 Å². The largest absolute Gasteiger partial charge is 0.490 e. The van der Waals surface area contributed by atoms with Crippen molar-refractivity contribution in [3.05, 3.63) is 40.3 Å². The third kappa shape index (κ3) is 3.75. The lowest BCUT2D eigenvalue weighted by atomic mass is 10.0. The molecule has 2 amide bonds. The summed E-state index contributed by atoms with van der Waals surface area (Å²) < 4.78 is 11.3. The molecule has 30 heavy (non-hydrogen) atoms. The van der Waals surface area contributed by atoms with Gasteiger partial charge in [0.1, 0.15) is 0 Å². The van der Waals surface area contributed by atoms with Gasteiger partial charge in [0.25, 0.3) is 11.8 Å². The second kappa shape index (κ2) is 8.23. The number of nitrogens with zero attached hydrogens (tertiary/aromatic N) is 4. The highest BCUT2D eigenvalue weighted by Crippen LogP contribution is 2.31. The van der Waals surface area contributed by atoms with Crippen molar-refractivity contribution in [2.75, 3.05) is 52.5 Å². The first-order chi connectivity index (χ1) is 14.7. The van der Waals surface area contributed by atoms with Crippen molar-refractivity contribution in [1.82, 2.24) is 19.7 Å². The molecule has 0 atom stereocenters. The van der Waals surface area contributed by atoms with E-state index >= 15 is 0 Å². The van der Waals surface area contributed by atoms with Gasteiger partial charge in [-0.3, -0.25) is 14.5 Å². The summed E-state index contributed by atoms with van der Waals surface area (Å²) in [7, 11) is 0. The Morgan fingerprint density at radius 3 is 2.47 bits per heavy atom. The SMILES string of the molecule is O=C(c1ccc2c(c1)OCCCO2)N1CC(N2CCN(C(=O)c3nccs3)CC2)C1. The zero-order valence-electron chi connectivity index (χ0n) is 16.7. The van der Waals surface area contributed by atoms with Crippen LogP contribution in [0.2, 0.25) is 0 Å². The fourth-order valence-electron chi connectivity index (χ4n) is 4.09. The van der Waals surface area contributed by atoms with Gasteiger partial charge in [0, 0.05) is 68.9 Å². The van der Waals surface area contributed by atoms with Crippen LogP contribution in [0.25, 0.3) is 0 Å². The zero-order chi connectivity index (χ0) is 20.5. The fourth-order valence-corrected chi connectivity index (χ4v) is 4.69. The Morgan fingerprint density at radius 2 is 1.73 bits per heavy atom. The van der Waals surface area contributed by atoms with Crippen molar-refractivity contribution in [1.29, 1.82) is 0 Å². The van der Waals surface area contributed by atoms with E-state index in [0.717, 1.165) is 19.5 Å². The van der Waals surface area contributed by atoms with Crippen LogP contribution < -0.4 is 9.47 Å². The van der Waals surface area contributed by atoms with E-state index in [0.29, 0.717) is 67.5 Å². The fraction of sp³-hybridized carbons (Fsp3) is 0.476. The first kappa shape index (κ1) is 19.3. The Hall–Kier alpha value is -2.65. The highest BCUT2D eigenvalue weighted by atomic mass is 32.1. The number of ether oxygens (including phenoxy) is 2. The molecule has 1 aromatic carbocycles. The van der Waals surface area contributed by atoms with Gasteiger partial charge in [-0.15, -0.1) is 11.3 Å². The number of rotatable bonds is 3. The van der Waals surface area contributed by atoms with Crippen LogP contribution in [-0.4, -0.2) is 90.0 Å². The number of hydrogen-bond acceptors (Lipinski definition) is 7. The number of hydrogen-bond donors (Lipinski definition) is 0. The van der Waals surface area contributed by atoms with Gasteiger partial charge in [0.2, 0.25) is 0 Å². The molecule has 4 heterocycles. The van der Waals surface area contributed by atoms with Crippen LogP contribution in [0.3, 0.4) is 0 Å². The Bertz CT molecular complexity index is 921. The van der Waals surface area contributed by atoms with Gasteiger partial charge in [-0.2, -0.15) is 0 Å². The van der Waals surface area contributed by atoms with Gasteiger partial charge in [-0.1, -0.05) is 0 Å². The molecule has 3 aliphatic heterocycles. The van der Waals surface area contributed by atoms with E-state index < -0.39 is 0 Å². The number of fused-ring (bicyclic) bond motifs is 1. The Labute approximate surface area is 179 Å². The number of carbonyl (C=O) groups excluding carboxylic acids is 2. The first-order valence-corrected chi connectivity index (χ1v) is 11.2. The standard InChI is InChI=1S/C21H24N4O4S/c26-20(15-2-3-17-18(12-15)29-10-1-9-28-17)25-13-16(14-25)23-5-7-24(8-6-23)21(27)19-22-4-11-30-19/h2-4,11-12,16H,1,5-10,13-14H2. The summed E-state index contributed by atoms with van der Waals surface area (Å²) >= 11 is 1.38. The molecular formula is C21H24N4O4S. The number of thiazole rings is 1. The second-order valence-electron chi connectivity index (χ2n) is 7.74. The molecule has 2 aromatic rings. The average Bonchev–Trinajstić information content (AvgIpc) is 3.18. The molecule has 0 saturated carbocycles. The van der Waals surface area contributed by atoms with E-state index in [1.165, 1.54) is 11.3 Å². The number of aromatic nitrogens is 1. The van der Waals surface area contributed by atoms with E-state index in [-0.39, 0.29) is 11.8 Å². The Morgan fingerprint density at radius 1 is 0.967 bits per heavy atom. The van der Waals surface area contributed by atoms with Gasteiger partial charge in [-0.05, 0) is 18.2 Å². The third-order valence-electron chi connectivity index (χ3n) is 5.88. The molecule has 3 aliphatic rings. The van der Waals surface area contributed by atoms with Crippen molar-refractivity contribution in [3.63, 3.8) is 0 Å². The number of amides is 2. The molecule has 0 unspecified atom stereocenters. The summed E-state index contributed by atoms with van der Waals surface area (Å²) in [6, 6.07) is 5.78. The maximum atomic E-state index is 12.9. The minimum absolute atomic E-state index is 0.0180. The molecule has 8 nitrogen and oxygen atoms in total. The van der Waals surface area contributed by atoms with E-state index in [4.69, 9.17) is 9.47 Å². The average molecular weight is 429 g/mol. The van der Waals surface area contributed by atoms with Crippen molar-refractivity contribution in [2.45, 2.75) is 12.5 Å². The molecule has 2 fully saturated rings. The molecule has 0 bridgehead atoms. The number of carbonyl (C=O) groups is 2. The lowest BCUT2D eigenvalue weighted by Crippen LogP contribution is -2.64. The zero-order valence-corrected chi connectivity index (χ0v) is 17.5. The second-order valence-corrected chi connectivity index (χ2v) is 8.64. The van der Waals surface area contributed by atoms with Gasteiger partial charge < -0.3 is 19.3 Å². The quantitative estimate of drug-likeness (QED) is 0.739. The number of piperazine rings is 1. The summed E-state index contributed by atoms with van der Waals surface area (Å²) in [5.41, 5.74) is 0.636. The van der Waals surface area contributed by atoms with E-state index in [1.807, 2.05) is 27.3 Å². The minimum atomic E-state index is 0.0180. The van der Waals surface area contributed by atoms with E-state index in [2.05, 4.69) is 9.88 Å². The Balaban J connectivity index is 1.13. The van der Waals surface area contributed by atoms with Gasteiger partial charge >= 0.3 is 0 Å². The lowest BCUT2D eigenvalue weighted by molar-refractivity contribution is 0.00851. The third-order valence-corrected chi connectivity index (χ3v) is 6.64. The van der Waals surface area contributed by atoms with Crippen molar-refractivity contribution < 1.29 is 19.1 Å². The van der Waals surface area contributed by atoms with Gasteiger partial charge in [0.05, 0.1) is 13.2 Å². The summed E-state index contributed by atoms with van der Waals surface area (Å²) in [5, 5.41) is 2.38. The molecule has 158 valence electrons. The Kier molecular flexibility index (Phi) is 5.30. The summed E-state index contributed by atoms with van der Waals surface area (Å²) in [6.07, 6.45) is 2.51. The lowest BCUT2D eigenvalue weighted by Gasteiger charge is -2.48. The normalized spacial score (nSPS) is 19.9. The smallest absolute Gasteiger partial charge is 0.282 e.